The van der Waals surface area contributed by atoms with Crippen molar-refractivity contribution < 1.29 is 24.2 Å². The molecule has 212 valence electrons. The van der Waals surface area contributed by atoms with E-state index >= 15 is 0 Å². The van der Waals surface area contributed by atoms with Crippen molar-refractivity contribution in [3.05, 3.63) is 59.2 Å². The van der Waals surface area contributed by atoms with Gasteiger partial charge in [0.15, 0.2) is 17.3 Å². The molecule has 2 aromatic rings. The van der Waals surface area contributed by atoms with E-state index in [-0.39, 0.29) is 22.9 Å². The molecule has 0 bridgehead atoms. The number of hydrogen-bond donors (Lipinski definition) is 1. The Bertz CT molecular complexity index is 1100. The number of nitrogens with zero attached hydrogens (tertiary/aromatic N) is 1. The summed E-state index contributed by atoms with van der Waals surface area (Å²) in [6.45, 7) is 10.3. The third-order valence-corrected chi connectivity index (χ3v) is 7.97. The fourth-order valence-electron chi connectivity index (χ4n) is 5.57. The van der Waals surface area contributed by atoms with E-state index in [9.17, 15) is 14.7 Å². The summed E-state index contributed by atoms with van der Waals surface area (Å²) in [7, 11) is 0. The van der Waals surface area contributed by atoms with Crippen LogP contribution in [0.15, 0.2) is 42.5 Å². The molecule has 2 heterocycles. The third-order valence-electron chi connectivity index (χ3n) is 7.97. The van der Waals surface area contributed by atoms with Crippen molar-refractivity contribution in [1.29, 1.82) is 0 Å². The standard InChI is InChI=1S/C33H45NO5/c1-33(2,3)27-14-11-24(12-15-27)29(36)10-6-4-5-9-28(35)21-26(23-34-17-7-8-18-34)32(37)25-13-16-30-31(22-25)39-20-19-38-30/h11-16,22,26,32,37H,4-10,17-21,23H2,1-3H3/t26-,32+/m1/s1. The second-order valence-electron chi connectivity index (χ2n) is 12.2. The number of carbonyl (C=O) groups is 2. The lowest BCUT2D eigenvalue weighted by molar-refractivity contribution is -0.121. The van der Waals surface area contributed by atoms with Gasteiger partial charge in [0.25, 0.3) is 0 Å². The van der Waals surface area contributed by atoms with Gasteiger partial charge in [0, 0.05) is 37.3 Å². The number of aliphatic hydroxyl groups excluding tert-OH is 1. The third kappa shape index (κ3) is 8.39. The molecule has 0 spiro atoms. The highest BCUT2D eigenvalue weighted by Gasteiger charge is 2.28. The van der Waals surface area contributed by atoms with Crippen molar-refractivity contribution in [2.24, 2.45) is 5.92 Å². The summed E-state index contributed by atoms with van der Waals surface area (Å²) in [6.07, 6.45) is 5.33. The largest absolute Gasteiger partial charge is 0.486 e. The van der Waals surface area contributed by atoms with Crippen LogP contribution in [0.25, 0.3) is 0 Å². The molecule has 1 saturated heterocycles. The van der Waals surface area contributed by atoms with E-state index in [2.05, 4.69) is 25.7 Å². The van der Waals surface area contributed by atoms with E-state index in [0.717, 1.165) is 43.5 Å². The monoisotopic (exact) mass is 535 g/mol. The van der Waals surface area contributed by atoms with E-state index in [1.165, 1.54) is 18.4 Å². The smallest absolute Gasteiger partial charge is 0.162 e. The summed E-state index contributed by atoms with van der Waals surface area (Å²) in [5.41, 5.74) is 2.82. The number of Topliss-reactive ketones (excluding diaryl/α,β-unsaturated/α-hetero) is 2. The summed E-state index contributed by atoms with van der Waals surface area (Å²) in [5.74, 6) is 1.53. The molecule has 0 unspecified atom stereocenters. The molecule has 6 nitrogen and oxygen atoms in total. The Balaban J connectivity index is 1.25. The molecule has 2 aliphatic heterocycles. The predicted molar refractivity (Wildman–Crippen MR) is 154 cm³/mol. The Hall–Kier alpha value is -2.70. The van der Waals surface area contributed by atoms with Gasteiger partial charge >= 0.3 is 0 Å². The second kappa shape index (κ2) is 13.6. The van der Waals surface area contributed by atoms with Gasteiger partial charge in [-0.05, 0) is 67.4 Å². The molecule has 0 aliphatic carbocycles. The van der Waals surface area contributed by atoms with Gasteiger partial charge in [-0.3, -0.25) is 9.59 Å². The lowest BCUT2D eigenvalue weighted by Crippen LogP contribution is -2.31. The van der Waals surface area contributed by atoms with E-state index < -0.39 is 6.10 Å². The quantitative estimate of drug-likeness (QED) is 0.240. The number of rotatable bonds is 13. The maximum atomic E-state index is 13.0. The highest BCUT2D eigenvalue weighted by atomic mass is 16.6. The molecule has 0 amide bonds. The summed E-state index contributed by atoms with van der Waals surface area (Å²) >= 11 is 0. The minimum atomic E-state index is -0.743. The van der Waals surface area contributed by atoms with E-state index in [1.54, 1.807) is 0 Å². The molecule has 4 rings (SSSR count). The fraction of sp³-hybridized carbons (Fsp3) is 0.576. The van der Waals surface area contributed by atoms with Crippen LogP contribution in [0.2, 0.25) is 0 Å². The number of fused-ring (bicyclic) bond motifs is 1. The lowest BCUT2D eigenvalue weighted by atomic mass is 9.86. The zero-order valence-electron chi connectivity index (χ0n) is 23.9. The predicted octanol–water partition coefficient (Wildman–Crippen LogP) is 6.29. The maximum Gasteiger partial charge on any atom is 0.162 e. The van der Waals surface area contributed by atoms with Gasteiger partial charge in [0.2, 0.25) is 0 Å². The average Bonchev–Trinajstić information content (AvgIpc) is 3.44. The normalized spacial score (nSPS) is 17.1. The molecule has 2 aromatic carbocycles. The molecule has 2 atom stereocenters. The van der Waals surface area contributed by atoms with Crippen LogP contribution in [0.3, 0.4) is 0 Å². The molecule has 0 aromatic heterocycles. The molecular weight excluding hydrogens is 490 g/mol. The second-order valence-corrected chi connectivity index (χ2v) is 12.2. The zero-order chi connectivity index (χ0) is 27.8. The molecule has 39 heavy (non-hydrogen) atoms. The first kappa shape index (κ1) is 29.3. The Morgan fingerprint density at radius 2 is 1.56 bits per heavy atom. The van der Waals surface area contributed by atoms with Gasteiger partial charge < -0.3 is 19.5 Å². The van der Waals surface area contributed by atoms with Gasteiger partial charge in [-0.15, -0.1) is 0 Å². The van der Waals surface area contributed by atoms with Crippen LogP contribution in [0.1, 0.15) is 99.7 Å². The van der Waals surface area contributed by atoms with E-state index in [1.807, 2.05) is 42.5 Å². The van der Waals surface area contributed by atoms with Crippen LogP contribution < -0.4 is 9.47 Å². The molecule has 0 radical (unpaired) electrons. The minimum absolute atomic E-state index is 0.0710. The number of likely N-dealkylation sites (tertiary alicyclic amines) is 1. The van der Waals surface area contributed by atoms with Gasteiger partial charge in [-0.25, -0.2) is 0 Å². The molecule has 1 N–H and O–H groups in total. The molecule has 2 aliphatic rings. The summed E-state index contributed by atoms with van der Waals surface area (Å²) < 4.78 is 11.3. The number of ether oxygens (including phenoxy) is 2. The van der Waals surface area contributed by atoms with Gasteiger partial charge in [0.05, 0.1) is 6.10 Å². The topological polar surface area (TPSA) is 76.1 Å². The highest BCUT2D eigenvalue weighted by Crippen LogP contribution is 2.36. The Labute approximate surface area is 233 Å². The lowest BCUT2D eigenvalue weighted by Gasteiger charge is -2.28. The maximum absolute atomic E-state index is 13.0. The van der Waals surface area contributed by atoms with Crippen molar-refractivity contribution in [1.82, 2.24) is 4.90 Å². The average molecular weight is 536 g/mol. The highest BCUT2D eigenvalue weighted by molar-refractivity contribution is 5.96. The number of benzene rings is 2. The Morgan fingerprint density at radius 3 is 2.26 bits per heavy atom. The van der Waals surface area contributed by atoms with Crippen LogP contribution in [0.5, 0.6) is 11.5 Å². The summed E-state index contributed by atoms with van der Waals surface area (Å²) in [4.78, 5) is 27.9. The summed E-state index contributed by atoms with van der Waals surface area (Å²) in [6, 6.07) is 13.5. The number of unbranched alkanes of at least 4 members (excludes halogenated alkanes) is 2. The molecule has 1 fully saturated rings. The van der Waals surface area contributed by atoms with Crippen LogP contribution >= 0.6 is 0 Å². The molecular formula is C33H45NO5. The van der Waals surface area contributed by atoms with E-state index in [4.69, 9.17) is 9.47 Å². The van der Waals surface area contributed by atoms with Gasteiger partial charge in [-0.1, -0.05) is 57.5 Å². The molecule has 6 heteroatoms. The van der Waals surface area contributed by atoms with Crippen molar-refractivity contribution in [3.8, 4) is 11.5 Å². The summed E-state index contributed by atoms with van der Waals surface area (Å²) in [5, 5.41) is 11.3. The van der Waals surface area contributed by atoms with Gasteiger partial charge in [0.1, 0.15) is 19.0 Å². The first-order chi connectivity index (χ1) is 18.7. The Kier molecular flexibility index (Phi) is 10.2. The fourth-order valence-corrected chi connectivity index (χ4v) is 5.57. The van der Waals surface area contributed by atoms with Crippen LogP contribution in [0.4, 0.5) is 0 Å². The van der Waals surface area contributed by atoms with E-state index in [0.29, 0.717) is 50.5 Å². The van der Waals surface area contributed by atoms with Crippen molar-refractivity contribution >= 4 is 11.6 Å². The number of hydrogen-bond acceptors (Lipinski definition) is 6. The SMILES string of the molecule is CC(C)(C)c1ccc(C(=O)CCCCCC(=O)C[C@H](CN2CCCC2)[C@@H](O)c2ccc3c(c2)OCCO3)cc1. The van der Waals surface area contributed by atoms with Crippen LogP contribution in [-0.4, -0.2) is 54.4 Å². The zero-order valence-corrected chi connectivity index (χ0v) is 23.9. The van der Waals surface area contributed by atoms with Crippen molar-refractivity contribution in [3.63, 3.8) is 0 Å². The van der Waals surface area contributed by atoms with Crippen LogP contribution in [-0.2, 0) is 10.2 Å². The Morgan fingerprint density at radius 1 is 0.897 bits per heavy atom. The van der Waals surface area contributed by atoms with Crippen molar-refractivity contribution in [2.75, 3.05) is 32.8 Å². The number of carbonyl (C=O) groups excluding carboxylic acids is 2. The van der Waals surface area contributed by atoms with Crippen molar-refractivity contribution in [2.45, 2.75) is 83.7 Å². The number of ketones is 2. The minimum Gasteiger partial charge on any atom is -0.486 e. The molecule has 0 saturated carbocycles. The van der Waals surface area contributed by atoms with Gasteiger partial charge in [-0.2, -0.15) is 0 Å². The first-order valence-corrected chi connectivity index (χ1v) is 14.7. The van der Waals surface area contributed by atoms with Crippen LogP contribution in [0, 0.1) is 5.92 Å². The number of aliphatic hydroxyl groups is 1. The first-order valence-electron chi connectivity index (χ1n) is 14.7.